The highest BCUT2D eigenvalue weighted by atomic mass is 14.2. The van der Waals surface area contributed by atoms with Gasteiger partial charge in [-0.1, -0.05) is 41.3 Å². The van der Waals surface area contributed by atoms with Crippen molar-refractivity contribution >= 4 is 0 Å². The fraction of sp³-hybridized carbons (Fsp3) is 1.00. The molecule has 0 nitrogen and oxygen atoms in total. The minimum Gasteiger partial charge on any atom is -0.0602 e. The molecule has 0 unspecified atom stereocenters. The summed E-state index contributed by atoms with van der Waals surface area (Å²) in [7, 11) is 0. The topological polar surface area (TPSA) is 0 Å². The summed E-state index contributed by atoms with van der Waals surface area (Å²) < 4.78 is 122. The molecule has 0 heterocycles. The molecule has 0 N–H and O–H groups in total. The van der Waals surface area contributed by atoms with E-state index in [1.165, 1.54) is 0 Å². The van der Waals surface area contributed by atoms with Gasteiger partial charge < -0.3 is 0 Å². The molecule has 0 aliphatic heterocycles. The van der Waals surface area contributed by atoms with E-state index in [0.717, 1.165) is 0 Å². The molecular formula is C10H22. The first-order valence-electron chi connectivity index (χ1n) is 10.8. The normalized spacial score (nSPS) is 45.4. The molecule has 0 amide bonds. The van der Waals surface area contributed by atoms with Gasteiger partial charge in [-0.05, 0) is 23.6 Å². The van der Waals surface area contributed by atoms with Crippen LogP contribution < -0.4 is 0 Å². The average Bonchev–Trinajstić information content (AvgIpc) is 2.30. The van der Waals surface area contributed by atoms with Gasteiger partial charge in [-0.15, -0.1) is 0 Å². The maximum absolute atomic E-state index is 8.08. The fourth-order valence-corrected chi connectivity index (χ4v) is 0.250. The van der Waals surface area contributed by atoms with Crippen molar-refractivity contribution in [1.29, 1.82) is 0 Å². The van der Waals surface area contributed by atoms with Crippen LogP contribution in [0.3, 0.4) is 0 Å². The van der Waals surface area contributed by atoms with Gasteiger partial charge in [0.25, 0.3) is 0 Å². The highest BCUT2D eigenvalue weighted by molar-refractivity contribution is 4.68. The van der Waals surface area contributed by atoms with Crippen molar-refractivity contribution in [3.63, 3.8) is 0 Å². The molecule has 0 aliphatic rings. The summed E-state index contributed by atoms with van der Waals surface area (Å²) in [6.45, 7) is -13.5. The summed E-state index contributed by atoms with van der Waals surface area (Å²) in [5.74, 6) is 0. The monoisotopic (exact) mass is 158 g/mol. The lowest BCUT2D eigenvalue weighted by Crippen LogP contribution is -2.12. The Balaban J connectivity index is 7.12. The molecule has 0 bridgehead atoms. The van der Waals surface area contributed by atoms with E-state index in [9.17, 15) is 0 Å². The molecule has 0 radical (unpaired) electrons. The minimum atomic E-state index is -3.89. The van der Waals surface area contributed by atoms with Crippen molar-refractivity contribution in [2.45, 2.75) is 54.0 Å². The summed E-state index contributed by atoms with van der Waals surface area (Å²) in [5, 5.41) is 0. The molecule has 0 spiro atoms. The molecule has 0 aromatic carbocycles. The molecule has 0 rings (SSSR count). The van der Waals surface area contributed by atoms with E-state index < -0.39 is 51.0 Å². The number of rotatable bonds is 1. The molecule has 0 aromatic heterocycles. The van der Waals surface area contributed by atoms with Gasteiger partial charge in [-0.3, -0.25) is 0 Å². The van der Waals surface area contributed by atoms with Crippen LogP contribution in [0.15, 0.2) is 0 Å². The standard InChI is InChI=1S/C10H22/c1-9(2,3)7-8-10(4,5)6/h7-8H2,1-6H3/i1D3,2D3,4D3,5D3,7D2,8D2. The number of hydrogen-bond acceptors (Lipinski definition) is 0. The quantitative estimate of drug-likeness (QED) is 0.543. The van der Waals surface area contributed by atoms with E-state index >= 15 is 0 Å². The van der Waals surface area contributed by atoms with Gasteiger partial charge in [0, 0.05) is 21.9 Å². The molecule has 10 heavy (non-hydrogen) atoms. The molecule has 0 fully saturated rings. The van der Waals surface area contributed by atoms with Crippen molar-refractivity contribution < 1.29 is 21.9 Å². The van der Waals surface area contributed by atoms with Crippen molar-refractivity contribution in [3.8, 4) is 0 Å². The zero-order valence-electron chi connectivity index (χ0n) is 22.0. The van der Waals surface area contributed by atoms with Gasteiger partial charge in [0.2, 0.25) is 0 Å². The fourth-order valence-electron chi connectivity index (χ4n) is 0.250. The highest BCUT2D eigenvalue weighted by Crippen LogP contribution is 2.29. The van der Waals surface area contributed by atoms with Crippen LogP contribution in [0.4, 0.5) is 0 Å². The molecular weight excluding hydrogens is 120 g/mol. The Labute approximate surface area is 88.5 Å². The first-order chi connectivity index (χ1) is 10.8. The smallest absolute Gasteiger partial charge is 0.0272 e. The van der Waals surface area contributed by atoms with Gasteiger partial charge in [-0.25, -0.2) is 0 Å². The average molecular weight is 158 g/mol. The third-order valence-corrected chi connectivity index (χ3v) is 0.562. The van der Waals surface area contributed by atoms with Crippen LogP contribution in [0.1, 0.15) is 75.9 Å². The van der Waals surface area contributed by atoms with Gasteiger partial charge in [0.15, 0.2) is 0 Å². The van der Waals surface area contributed by atoms with Crippen LogP contribution in [-0.2, 0) is 0 Å². The van der Waals surface area contributed by atoms with Gasteiger partial charge >= 0.3 is 0 Å². The third kappa shape index (κ3) is 8.00. The predicted molar refractivity (Wildman–Crippen MR) is 48.1 cm³/mol. The van der Waals surface area contributed by atoms with E-state index in [4.69, 9.17) is 21.9 Å². The molecule has 0 saturated heterocycles. The lowest BCUT2D eigenvalue weighted by molar-refractivity contribution is 0.275. The van der Waals surface area contributed by atoms with Crippen LogP contribution in [0, 0.1) is 10.8 Å². The second-order valence-electron chi connectivity index (χ2n) is 2.50. The van der Waals surface area contributed by atoms with Crippen LogP contribution in [0.5, 0.6) is 0 Å². The zero-order valence-corrected chi connectivity index (χ0v) is 6.00. The Kier molecular flexibility index (Phi) is 0.381. The first-order valence-corrected chi connectivity index (χ1v) is 2.75. The van der Waals surface area contributed by atoms with Gasteiger partial charge in [-0.2, -0.15) is 0 Å². The Morgan fingerprint density at radius 1 is 1.00 bits per heavy atom. The highest BCUT2D eigenvalue weighted by Gasteiger charge is 2.16. The summed E-state index contributed by atoms with van der Waals surface area (Å²) in [6.07, 6.45) is -7.79. The van der Waals surface area contributed by atoms with Crippen molar-refractivity contribution in [1.82, 2.24) is 0 Å². The molecule has 0 saturated carbocycles. The van der Waals surface area contributed by atoms with E-state index in [1.807, 2.05) is 0 Å². The van der Waals surface area contributed by atoms with E-state index in [-0.39, 0.29) is 0 Å². The summed E-state index contributed by atoms with van der Waals surface area (Å²) in [4.78, 5) is 0. The van der Waals surface area contributed by atoms with Gasteiger partial charge in [0.05, 0.1) is 0 Å². The first kappa shape index (κ1) is 1.30. The van der Waals surface area contributed by atoms with Crippen LogP contribution in [0.2, 0.25) is 0 Å². The van der Waals surface area contributed by atoms with E-state index in [0.29, 0.717) is 13.8 Å². The van der Waals surface area contributed by atoms with Crippen LogP contribution in [0.25, 0.3) is 0 Å². The third-order valence-electron chi connectivity index (χ3n) is 0.562. The summed E-state index contributed by atoms with van der Waals surface area (Å²) in [6, 6.07) is 0. The van der Waals surface area contributed by atoms with Crippen LogP contribution in [-0.4, -0.2) is 0 Å². The largest absolute Gasteiger partial charge is 0.0602 e. The van der Waals surface area contributed by atoms with E-state index in [1.54, 1.807) is 0 Å². The van der Waals surface area contributed by atoms with Crippen LogP contribution >= 0.6 is 0 Å². The predicted octanol–water partition coefficient (Wildman–Crippen LogP) is 3.86. The van der Waals surface area contributed by atoms with Gasteiger partial charge in [0.1, 0.15) is 0 Å². The van der Waals surface area contributed by atoms with Crippen molar-refractivity contribution in [2.75, 3.05) is 0 Å². The summed E-state index contributed by atoms with van der Waals surface area (Å²) in [5.41, 5.74) is -6.79. The minimum absolute atomic E-state index is 0.449. The summed E-state index contributed by atoms with van der Waals surface area (Å²) >= 11 is 0. The second-order valence-corrected chi connectivity index (χ2v) is 2.50. The lowest BCUT2D eigenvalue weighted by Gasteiger charge is -2.24. The second kappa shape index (κ2) is 2.94. The molecule has 0 aliphatic carbocycles. The maximum atomic E-state index is 8.08. The molecule has 62 valence electrons. The maximum Gasteiger partial charge on any atom is 0.0272 e. The van der Waals surface area contributed by atoms with Crippen molar-refractivity contribution in [3.05, 3.63) is 0 Å². The van der Waals surface area contributed by atoms with E-state index in [2.05, 4.69) is 0 Å². The Bertz CT molecular complexity index is 435. The molecule has 0 heteroatoms. The zero-order chi connectivity index (χ0) is 22.0. The Morgan fingerprint density at radius 3 is 1.50 bits per heavy atom. The Morgan fingerprint density at radius 2 is 1.30 bits per heavy atom. The SMILES string of the molecule is [2H]C([2H])([2H])C(C)(C([2H])([2H])[2H])C([2H])([2H])C([2H])([2H])C(C)(C([2H])([2H])[2H])C([2H])([2H])[2H]. The number of hydrogen-bond donors (Lipinski definition) is 0. The molecule has 0 atom stereocenters. The van der Waals surface area contributed by atoms with Crippen molar-refractivity contribution in [2.24, 2.45) is 10.8 Å². The Hall–Kier alpha value is 0. The molecule has 0 aromatic rings. The lowest BCUT2D eigenvalue weighted by atomic mass is 9.81.